The van der Waals surface area contributed by atoms with E-state index in [4.69, 9.17) is 14.2 Å². The highest BCUT2D eigenvalue weighted by Crippen LogP contribution is 2.27. The van der Waals surface area contributed by atoms with Crippen molar-refractivity contribution in [1.29, 1.82) is 0 Å². The summed E-state index contributed by atoms with van der Waals surface area (Å²) in [5.41, 5.74) is 3.20. The summed E-state index contributed by atoms with van der Waals surface area (Å²) >= 11 is 0. The second-order valence-corrected chi connectivity index (χ2v) is 7.05. The molecule has 176 valence electrons. The molecule has 0 saturated carbocycles. The first-order valence-corrected chi connectivity index (χ1v) is 10.5. The van der Waals surface area contributed by atoms with E-state index in [1.165, 1.54) is 0 Å². The van der Waals surface area contributed by atoms with Crippen LogP contribution in [0.5, 0.6) is 17.2 Å². The van der Waals surface area contributed by atoms with Crippen LogP contribution in [0.4, 0.5) is 0 Å². The van der Waals surface area contributed by atoms with E-state index in [0.29, 0.717) is 13.2 Å². The van der Waals surface area contributed by atoms with E-state index in [2.05, 4.69) is 20.6 Å². The van der Waals surface area contributed by atoms with E-state index in [0.717, 1.165) is 53.0 Å². The molecule has 8 heteroatoms. The zero-order chi connectivity index (χ0) is 22.6. The maximum Gasteiger partial charge on any atom is 0.191 e. The van der Waals surface area contributed by atoms with Crippen molar-refractivity contribution in [3.8, 4) is 17.2 Å². The topological polar surface area (TPSA) is 77.0 Å². The van der Waals surface area contributed by atoms with Crippen LogP contribution >= 0.6 is 24.0 Å². The van der Waals surface area contributed by atoms with Crippen LogP contribution < -0.4 is 24.8 Å². The highest BCUT2D eigenvalue weighted by atomic mass is 127. The molecule has 0 unspecified atom stereocenters. The molecule has 0 amide bonds. The Morgan fingerprint density at radius 2 is 1.67 bits per heavy atom. The molecule has 0 aliphatic rings. The minimum absolute atomic E-state index is 0. The van der Waals surface area contributed by atoms with E-state index in [1.54, 1.807) is 27.5 Å². The van der Waals surface area contributed by atoms with E-state index in [1.807, 2.05) is 60.7 Å². The molecule has 2 aromatic carbocycles. The van der Waals surface area contributed by atoms with Crippen LogP contribution in [0.2, 0.25) is 0 Å². The van der Waals surface area contributed by atoms with Crippen LogP contribution in [0.25, 0.3) is 0 Å². The first-order chi connectivity index (χ1) is 15.7. The van der Waals surface area contributed by atoms with Crippen LogP contribution in [0, 0.1) is 0 Å². The molecule has 3 rings (SSSR count). The van der Waals surface area contributed by atoms with E-state index < -0.39 is 0 Å². The number of aliphatic imine (C=N–C) groups is 1. The third kappa shape index (κ3) is 8.45. The van der Waals surface area contributed by atoms with Crippen molar-refractivity contribution in [2.24, 2.45) is 4.99 Å². The third-order valence-corrected chi connectivity index (χ3v) is 4.87. The molecule has 0 aliphatic heterocycles. The van der Waals surface area contributed by atoms with Gasteiger partial charge in [-0.2, -0.15) is 0 Å². The second kappa shape index (κ2) is 14.2. The minimum atomic E-state index is 0. The lowest BCUT2D eigenvalue weighted by atomic mass is 10.1. The molecule has 0 radical (unpaired) electrons. The normalized spacial score (nSPS) is 10.7. The number of nitrogens with one attached hydrogen (secondary N) is 2. The molecule has 0 bridgehead atoms. The van der Waals surface area contributed by atoms with Crippen molar-refractivity contribution < 1.29 is 14.2 Å². The molecule has 0 atom stereocenters. The summed E-state index contributed by atoms with van der Waals surface area (Å²) < 4.78 is 16.4. The fourth-order valence-corrected chi connectivity index (χ4v) is 3.11. The Balaban J connectivity index is 0.00000385. The number of hydrogen-bond acceptors (Lipinski definition) is 5. The van der Waals surface area contributed by atoms with E-state index >= 15 is 0 Å². The monoisotopic (exact) mass is 562 g/mol. The molecule has 33 heavy (non-hydrogen) atoms. The fourth-order valence-electron chi connectivity index (χ4n) is 3.11. The van der Waals surface area contributed by atoms with Crippen LogP contribution in [0.3, 0.4) is 0 Å². The van der Waals surface area contributed by atoms with Crippen molar-refractivity contribution in [2.75, 3.05) is 27.8 Å². The lowest BCUT2D eigenvalue weighted by Gasteiger charge is -2.13. The standard InChI is InChI=1S/C25H30N4O3.HI/c1-26-25(28-15-13-19-9-12-23(30-2)24(16-19)31-3)29-17-20-7-10-22(11-8-20)32-18-21-6-4-5-14-27-21;/h4-12,14,16H,13,15,17-18H2,1-3H3,(H2,26,28,29);1H. The molecule has 0 aliphatic carbocycles. The predicted molar refractivity (Wildman–Crippen MR) is 142 cm³/mol. The van der Waals surface area contributed by atoms with Gasteiger partial charge >= 0.3 is 0 Å². The maximum atomic E-state index is 5.78. The number of hydrogen-bond donors (Lipinski definition) is 2. The van der Waals surface area contributed by atoms with Gasteiger partial charge in [-0.25, -0.2) is 0 Å². The Morgan fingerprint density at radius 3 is 2.33 bits per heavy atom. The minimum Gasteiger partial charge on any atom is -0.493 e. The van der Waals surface area contributed by atoms with Gasteiger partial charge < -0.3 is 24.8 Å². The van der Waals surface area contributed by atoms with Gasteiger partial charge in [0.05, 0.1) is 19.9 Å². The largest absolute Gasteiger partial charge is 0.493 e. The van der Waals surface area contributed by atoms with Crippen LogP contribution in [0.1, 0.15) is 16.8 Å². The Kier molecular flexibility index (Phi) is 11.3. The Morgan fingerprint density at radius 1 is 0.909 bits per heavy atom. The predicted octanol–water partition coefficient (Wildman–Crippen LogP) is 4.20. The quantitative estimate of drug-likeness (QED) is 0.219. The zero-order valence-electron chi connectivity index (χ0n) is 19.2. The average Bonchev–Trinajstić information content (AvgIpc) is 2.86. The summed E-state index contributed by atoms with van der Waals surface area (Å²) in [4.78, 5) is 8.56. The molecule has 7 nitrogen and oxygen atoms in total. The molecule has 3 aromatic rings. The SMILES string of the molecule is CN=C(NCCc1ccc(OC)c(OC)c1)NCc1ccc(OCc2ccccn2)cc1.I. The molecule has 0 fully saturated rings. The van der Waals surface area contributed by atoms with Gasteiger partial charge in [0.25, 0.3) is 0 Å². The summed E-state index contributed by atoms with van der Waals surface area (Å²) in [6.45, 7) is 1.86. The number of benzene rings is 2. The van der Waals surface area contributed by atoms with Crippen molar-refractivity contribution in [1.82, 2.24) is 15.6 Å². The number of guanidine groups is 1. The first-order valence-electron chi connectivity index (χ1n) is 10.5. The number of rotatable bonds is 10. The second-order valence-electron chi connectivity index (χ2n) is 7.05. The van der Waals surface area contributed by atoms with Gasteiger partial charge in [0.1, 0.15) is 12.4 Å². The molecule has 2 N–H and O–H groups in total. The Bertz CT molecular complexity index is 998. The molecule has 1 heterocycles. The zero-order valence-corrected chi connectivity index (χ0v) is 21.5. The van der Waals surface area contributed by atoms with Crippen LogP contribution in [-0.2, 0) is 19.6 Å². The van der Waals surface area contributed by atoms with Gasteiger partial charge in [-0.1, -0.05) is 24.3 Å². The van der Waals surface area contributed by atoms with Gasteiger partial charge in [0.15, 0.2) is 17.5 Å². The molecule has 1 aromatic heterocycles. The number of pyridine rings is 1. The molecular weight excluding hydrogens is 531 g/mol. The maximum absolute atomic E-state index is 5.78. The van der Waals surface area contributed by atoms with Crippen molar-refractivity contribution in [3.63, 3.8) is 0 Å². The van der Waals surface area contributed by atoms with Gasteiger partial charge in [-0.05, 0) is 53.9 Å². The van der Waals surface area contributed by atoms with Crippen LogP contribution in [0.15, 0.2) is 71.9 Å². The number of methoxy groups -OCH3 is 2. The Hall–Kier alpha value is -3.01. The molecule has 0 saturated heterocycles. The molecule has 0 spiro atoms. The summed E-state index contributed by atoms with van der Waals surface area (Å²) in [6.07, 6.45) is 2.60. The van der Waals surface area contributed by atoms with Gasteiger partial charge in [-0.15, -0.1) is 24.0 Å². The summed E-state index contributed by atoms with van der Waals surface area (Å²) in [7, 11) is 5.04. The summed E-state index contributed by atoms with van der Waals surface area (Å²) in [6, 6.07) is 19.8. The number of aromatic nitrogens is 1. The van der Waals surface area contributed by atoms with E-state index in [9.17, 15) is 0 Å². The third-order valence-electron chi connectivity index (χ3n) is 4.87. The average molecular weight is 562 g/mol. The van der Waals surface area contributed by atoms with Gasteiger partial charge in [0.2, 0.25) is 0 Å². The lowest BCUT2D eigenvalue weighted by Crippen LogP contribution is -2.37. The highest BCUT2D eigenvalue weighted by molar-refractivity contribution is 14.0. The van der Waals surface area contributed by atoms with Crippen LogP contribution in [-0.4, -0.2) is 38.8 Å². The van der Waals surface area contributed by atoms with E-state index in [-0.39, 0.29) is 24.0 Å². The van der Waals surface area contributed by atoms with Crippen molar-refractivity contribution >= 4 is 29.9 Å². The smallest absolute Gasteiger partial charge is 0.191 e. The summed E-state index contributed by atoms with van der Waals surface area (Å²) in [5.74, 6) is 3.03. The highest BCUT2D eigenvalue weighted by Gasteiger charge is 2.05. The first kappa shape index (κ1) is 26.2. The Labute approximate surface area is 212 Å². The van der Waals surface area contributed by atoms with Crippen molar-refractivity contribution in [3.05, 3.63) is 83.7 Å². The lowest BCUT2D eigenvalue weighted by molar-refractivity contribution is 0.301. The number of halogens is 1. The number of nitrogens with zero attached hydrogens (tertiary/aromatic N) is 2. The van der Waals surface area contributed by atoms with Crippen molar-refractivity contribution in [2.45, 2.75) is 19.6 Å². The van der Waals surface area contributed by atoms with Gasteiger partial charge in [0, 0.05) is 26.3 Å². The number of ether oxygens (including phenoxy) is 3. The fraction of sp³-hybridized carbons (Fsp3) is 0.280. The summed E-state index contributed by atoms with van der Waals surface area (Å²) in [5, 5.41) is 6.67. The van der Waals surface area contributed by atoms with Gasteiger partial charge in [-0.3, -0.25) is 9.98 Å². The molecular formula is C25H31IN4O3.